The van der Waals surface area contributed by atoms with Crippen molar-refractivity contribution in [3.63, 3.8) is 0 Å². The van der Waals surface area contributed by atoms with Crippen LogP contribution < -0.4 is 10.6 Å². The maximum Gasteiger partial charge on any atom is 0.416 e. The second kappa shape index (κ2) is 7.29. The molecule has 0 radical (unpaired) electrons. The lowest BCUT2D eigenvalue weighted by Gasteiger charge is -2.14. The van der Waals surface area contributed by atoms with Gasteiger partial charge in [-0.2, -0.15) is 26.3 Å². The van der Waals surface area contributed by atoms with E-state index in [9.17, 15) is 35.9 Å². The predicted octanol–water partition coefficient (Wildman–Crippen LogP) is 4.61. The molecule has 0 aromatic heterocycles. The van der Waals surface area contributed by atoms with Gasteiger partial charge in [0, 0.05) is 11.4 Å². The van der Waals surface area contributed by atoms with Crippen molar-refractivity contribution in [3.05, 3.63) is 59.2 Å². The largest absolute Gasteiger partial charge is 0.416 e. The standard InChI is InChI=1S/C17H12F6N2O2/c1-9-2-4-12(5-3-9)24-14(26)15(27)25-13-7-10(16(18,19)20)6-11(8-13)17(21,22)23/h2-8H,1H3,(H,24,26)(H,25,27). The highest BCUT2D eigenvalue weighted by Gasteiger charge is 2.37. The molecule has 2 amide bonds. The van der Waals surface area contributed by atoms with Gasteiger partial charge < -0.3 is 10.6 Å². The van der Waals surface area contributed by atoms with Gasteiger partial charge in [-0.15, -0.1) is 0 Å². The Morgan fingerprint density at radius 2 is 1.11 bits per heavy atom. The van der Waals surface area contributed by atoms with Crippen LogP contribution in [0.25, 0.3) is 0 Å². The van der Waals surface area contributed by atoms with Gasteiger partial charge in [0.1, 0.15) is 0 Å². The summed E-state index contributed by atoms with van der Waals surface area (Å²) in [6.07, 6.45) is -10.1. The highest BCUT2D eigenvalue weighted by atomic mass is 19.4. The van der Waals surface area contributed by atoms with Gasteiger partial charge in [-0.25, -0.2) is 0 Å². The molecule has 0 spiro atoms. The summed E-state index contributed by atoms with van der Waals surface area (Å²) in [7, 11) is 0. The molecule has 2 rings (SSSR count). The first-order chi connectivity index (χ1) is 12.4. The number of hydrogen-bond donors (Lipinski definition) is 2. The number of anilines is 2. The van der Waals surface area contributed by atoms with E-state index in [2.05, 4.69) is 5.32 Å². The minimum absolute atomic E-state index is 0.0813. The van der Waals surface area contributed by atoms with E-state index in [4.69, 9.17) is 0 Å². The summed E-state index contributed by atoms with van der Waals surface area (Å²) in [6.45, 7) is 1.78. The first kappa shape index (κ1) is 20.3. The fourth-order valence-corrected chi connectivity index (χ4v) is 2.04. The summed E-state index contributed by atoms with van der Waals surface area (Å²) in [5, 5.41) is 3.93. The molecule has 4 nitrogen and oxygen atoms in total. The Morgan fingerprint density at radius 3 is 1.52 bits per heavy atom. The molecule has 0 unspecified atom stereocenters. The van der Waals surface area contributed by atoms with Gasteiger partial charge in [-0.05, 0) is 37.3 Å². The first-order valence-electron chi connectivity index (χ1n) is 7.35. The summed E-state index contributed by atoms with van der Waals surface area (Å²) >= 11 is 0. The van der Waals surface area contributed by atoms with Crippen LogP contribution in [0.1, 0.15) is 16.7 Å². The summed E-state index contributed by atoms with van der Waals surface area (Å²) in [5.41, 5.74) is -2.90. The van der Waals surface area contributed by atoms with Crippen LogP contribution >= 0.6 is 0 Å². The van der Waals surface area contributed by atoms with E-state index in [1.165, 1.54) is 12.1 Å². The lowest BCUT2D eigenvalue weighted by atomic mass is 10.1. The van der Waals surface area contributed by atoms with Crippen molar-refractivity contribution in [3.8, 4) is 0 Å². The van der Waals surface area contributed by atoms with E-state index in [0.717, 1.165) is 5.56 Å². The number of amides is 2. The van der Waals surface area contributed by atoms with Crippen LogP contribution in [0.3, 0.4) is 0 Å². The highest BCUT2D eigenvalue weighted by molar-refractivity contribution is 6.43. The van der Waals surface area contributed by atoms with Crippen LogP contribution in [0.15, 0.2) is 42.5 Å². The van der Waals surface area contributed by atoms with Crippen LogP contribution in [0.2, 0.25) is 0 Å². The number of halogens is 6. The third kappa shape index (κ3) is 5.47. The van der Waals surface area contributed by atoms with E-state index in [-0.39, 0.29) is 11.8 Å². The molecule has 0 atom stereocenters. The average Bonchev–Trinajstić information content (AvgIpc) is 2.55. The molecule has 0 saturated carbocycles. The lowest BCUT2D eigenvalue weighted by molar-refractivity contribution is -0.143. The maximum absolute atomic E-state index is 12.8. The van der Waals surface area contributed by atoms with E-state index >= 15 is 0 Å². The van der Waals surface area contributed by atoms with Crippen molar-refractivity contribution in [2.75, 3.05) is 10.6 Å². The van der Waals surface area contributed by atoms with E-state index in [1.54, 1.807) is 24.4 Å². The Labute approximate surface area is 149 Å². The molecular formula is C17H12F6N2O2. The van der Waals surface area contributed by atoms with Crippen molar-refractivity contribution < 1.29 is 35.9 Å². The Morgan fingerprint density at radius 1 is 0.704 bits per heavy atom. The third-order valence-electron chi connectivity index (χ3n) is 3.36. The Bertz CT molecular complexity index is 825. The second-order valence-electron chi connectivity index (χ2n) is 5.57. The highest BCUT2D eigenvalue weighted by Crippen LogP contribution is 2.37. The molecule has 10 heteroatoms. The number of rotatable bonds is 2. The zero-order chi connectivity index (χ0) is 20.4. The molecule has 2 N–H and O–H groups in total. The van der Waals surface area contributed by atoms with Crippen LogP contribution in [-0.4, -0.2) is 11.8 Å². The van der Waals surface area contributed by atoms with E-state index in [0.29, 0.717) is 12.1 Å². The first-order valence-corrected chi connectivity index (χ1v) is 7.35. The molecule has 0 saturated heterocycles. The maximum atomic E-state index is 12.8. The van der Waals surface area contributed by atoms with Crippen LogP contribution in [0.5, 0.6) is 0 Å². The molecule has 0 aliphatic heterocycles. The number of benzene rings is 2. The summed E-state index contributed by atoms with van der Waals surface area (Å²) in [6, 6.07) is 6.77. The van der Waals surface area contributed by atoms with Crippen molar-refractivity contribution in [1.29, 1.82) is 0 Å². The zero-order valence-corrected chi connectivity index (χ0v) is 13.6. The topological polar surface area (TPSA) is 58.2 Å². The molecular weight excluding hydrogens is 378 g/mol. The summed E-state index contributed by atoms with van der Waals surface area (Å²) in [4.78, 5) is 23.6. The van der Waals surface area contributed by atoms with E-state index in [1.807, 2.05) is 0 Å². The van der Waals surface area contributed by atoms with Gasteiger partial charge >= 0.3 is 24.2 Å². The monoisotopic (exact) mass is 390 g/mol. The minimum Gasteiger partial charge on any atom is -0.318 e. The lowest BCUT2D eigenvalue weighted by Crippen LogP contribution is -2.29. The third-order valence-corrected chi connectivity index (χ3v) is 3.36. The Balaban J connectivity index is 2.23. The summed E-state index contributed by atoms with van der Waals surface area (Å²) < 4.78 is 76.8. The van der Waals surface area contributed by atoms with Gasteiger partial charge in [0.05, 0.1) is 11.1 Å². The average molecular weight is 390 g/mol. The van der Waals surface area contributed by atoms with Crippen molar-refractivity contribution >= 4 is 23.2 Å². The normalized spacial score (nSPS) is 11.8. The quantitative estimate of drug-likeness (QED) is 0.581. The van der Waals surface area contributed by atoms with E-state index < -0.39 is 41.0 Å². The number of alkyl halides is 6. The smallest absolute Gasteiger partial charge is 0.318 e. The SMILES string of the molecule is Cc1ccc(NC(=O)C(=O)Nc2cc(C(F)(F)F)cc(C(F)(F)F)c2)cc1. The zero-order valence-electron chi connectivity index (χ0n) is 13.6. The number of aryl methyl sites for hydroxylation is 1. The fraction of sp³-hybridized carbons (Fsp3) is 0.176. The number of carbonyl (C=O) groups is 2. The van der Waals surface area contributed by atoms with Crippen molar-refractivity contribution in [2.45, 2.75) is 19.3 Å². The van der Waals surface area contributed by atoms with Crippen molar-refractivity contribution in [1.82, 2.24) is 0 Å². The second-order valence-corrected chi connectivity index (χ2v) is 5.57. The molecule has 0 aliphatic rings. The van der Waals surface area contributed by atoms with Crippen molar-refractivity contribution in [2.24, 2.45) is 0 Å². The number of hydrogen-bond acceptors (Lipinski definition) is 2. The van der Waals surface area contributed by atoms with Gasteiger partial charge in [0.15, 0.2) is 0 Å². The number of nitrogens with one attached hydrogen (secondary N) is 2. The molecule has 0 aliphatic carbocycles. The predicted molar refractivity (Wildman–Crippen MR) is 84.9 cm³/mol. The van der Waals surface area contributed by atoms with Gasteiger partial charge in [0.25, 0.3) is 0 Å². The van der Waals surface area contributed by atoms with Gasteiger partial charge in [0.2, 0.25) is 0 Å². The minimum atomic E-state index is -5.06. The van der Waals surface area contributed by atoms with Crippen LogP contribution in [0.4, 0.5) is 37.7 Å². The molecule has 144 valence electrons. The Hall–Kier alpha value is -3.04. The fourth-order valence-electron chi connectivity index (χ4n) is 2.04. The van der Waals surface area contributed by atoms with Gasteiger partial charge in [-0.3, -0.25) is 9.59 Å². The molecule has 0 fully saturated rings. The van der Waals surface area contributed by atoms with Crippen LogP contribution in [-0.2, 0) is 21.9 Å². The van der Waals surface area contributed by atoms with Gasteiger partial charge in [-0.1, -0.05) is 17.7 Å². The molecule has 0 bridgehead atoms. The number of carbonyl (C=O) groups excluding carboxylic acids is 2. The summed E-state index contributed by atoms with van der Waals surface area (Å²) in [5.74, 6) is -2.66. The molecule has 2 aromatic rings. The molecule has 0 heterocycles. The Kier molecular flexibility index (Phi) is 5.48. The molecule has 2 aromatic carbocycles. The molecule has 27 heavy (non-hydrogen) atoms. The van der Waals surface area contributed by atoms with Crippen LogP contribution in [0, 0.1) is 6.92 Å².